The van der Waals surface area contributed by atoms with Crippen molar-refractivity contribution in [3.05, 3.63) is 28.5 Å². The summed E-state index contributed by atoms with van der Waals surface area (Å²) in [6, 6.07) is 4.07. The summed E-state index contributed by atoms with van der Waals surface area (Å²) in [6.07, 6.45) is 7.09. The molecule has 15 heavy (non-hydrogen) atoms. The number of hydrogen-bond acceptors (Lipinski definition) is 2. The fraction of sp³-hybridized carbons (Fsp3) is 0.583. The second-order valence-electron chi connectivity index (χ2n) is 3.71. The summed E-state index contributed by atoms with van der Waals surface area (Å²) in [5, 5.41) is 3.40. The summed E-state index contributed by atoms with van der Waals surface area (Å²) < 4.78 is 1.04. The fourth-order valence-corrected chi connectivity index (χ4v) is 1.64. The molecule has 0 spiro atoms. The molecule has 1 aromatic heterocycles. The van der Waals surface area contributed by atoms with Crippen LogP contribution in [-0.4, -0.2) is 11.5 Å². The molecule has 1 heterocycles. The van der Waals surface area contributed by atoms with Gasteiger partial charge in [0.2, 0.25) is 0 Å². The van der Waals surface area contributed by atoms with Crippen LogP contribution in [0.25, 0.3) is 0 Å². The van der Waals surface area contributed by atoms with Crippen LogP contribution < -0.4 is 5.32 Å². The first-order chi connectivity index (χ1) is 7.33. The van der Waals surface area contributed by atoms with Crippen LogP contribution in [0, 0.1) is 0 Å². The molecule has 3 heteroatoms. The summed E-state index contributed by atoms with van der Waals surface area (Å²) in [7, 11) is 0. The zero-order valence-electron chi connectivity index (χ0n) is 9.30. The largest absolute Gasteiger partial charge is 0.311 e. The Bertz CT molecular complexity index is 259. The normalized spacial score (nSPS) is 10.5. The van der Waals surface area contributed by atoms with Gasteiger partial charge in [0.15, 0.2) is 0 Å². The molecule has 0 atom stereocenters. The number of hydrogen-bond donors (Lipinski definition) is 1. The number of nitrogens with one attached hydrogen (secondary N) is 1. The highest BCUT2D eigenvalue weighted by atomic mass is 79.9. The lowest BCUT2D eigenvalue weighted by Crippen LogP contribution is -2.15. The van der Waals surface area contributed by atoms with Crippen LogP contribution in [0.4, 0.5) is 0 Å². The number of pyridine rings is 1. The van der Waals surface area contributed by atoms with Gasteiger partial charge in [-0.15, -0.1) is 0 Å². The fourth-order valence-electron chi connectivity index (χ4n) is 1.40. The van der Waals surface area contributed by atoms with Crippen molar-refractivity contribution < 1.29 is 0 Å². The smallest absolute Gasteiger partial charge is 0.0542 e. The Morgan fingerprint density at radius 1 is 1.27 bits per heavy atom. The van der Waals surface area contributed by atoms with Gasteiger partial charge in [-0.3, -0.25) is 4.98 Å². The van der Waals surface area contributed by atoms with Crippen LogP contribution in [0.15, 0.2) is 22.8 Å². The van der Waals surface area contributed by atoms with Crippen LogP contribution in [0.5, 0.6) is 0 Å². The van der Waals surface area contributed by atoms with Gasteiger partial charge in [0.25, 0.3) is 0 Å². The molecule has 0 saturated carbocycles. The maximum Gasteiger partial charge on any atom is 0.0542 e. The van der Waals surface area contributed by atoms with Crippen LogP contribution in [0.3, 0.4) is 0 Å². The molecule has 2 nitrogen and oxygen atoms in total. The molecule has 1 rings (SSSR count). The first-order valence-electron chi connectivity index (χ1n) is 5.64. The molecule has 0 aliphatic rings. The molecule has 84 valence electrons. The SMILES string of the molecule is CCCCCCNCc1ccc(Br)cn1. The van der Waals surface area contributed by atoms with Crippen molar-refractivity contribution in [1.82, 2.24) is 10.3 Å². The molecule has 1 aromatic rings. The zero-order valence-corrected chi connectivity index (χ0v) is 10.9. The molecule has 0 radical (unpaired) electrons. The van der Waals surface area contributed by atoms with E-state index in [9.17, 15) is 0 Å². The summed E-state index contributed by atoms with van der Waals surface area (Å²) in [5.74, 6) is 0. The van der Waals surface area contributed by atoms with Gasteiger partial charge in [0, 0.05) is 17.2 Å². The van der Waals surface area contributed by atoms with Gasteiger partial charge in [-0.1, -0.05) is 26.2 Å². The minimum atomic E-state index is 0.874. The lowest BCUT2D eigenvalue weighted by molar-refractivity contribution is 0.593. The molecule has 0 unspecified atom stereocenters. The lowest BCUT2D eigenvalue weighted by Gasteiger charge is -2.03. The van der Waals surface area contributed by atoms with E-state index in [0.717, 1.165) is 23.3 Å². The van der Waals surface area contributed by atoms with E-state index in [4.69, 9.17) is 0 Å². The van der Waals surface area contributed by atoms with E-state index < -0.39 is 0 Å². The van der Waals surface area contributed by atoms with Crippen LogP contribution >= 0.6 is 15.9 Å². The summed E-state index contributed by atoms with van der Waals surface area (Å²) >= 11 is 3.37. The predicted octanol–water partition coefficient (Wildman–Crippen LogP) is 3.51. The van der Waals surface area contributed by atoms with E-state index in [1.165, 1.54) is 25.7 Å². The van der Waals surface area contributed by atoms with E-state index in [0.29, 0.717) is 0 Å². The minimum Gasteiger partial charge on any atom is -0.311 e. The Morgan fingerprint density at radius 3 is 2.80 bits per heavy atom. The first kappa shape index (κ1) is 12.7. The van der Waals surface area contributed by atoms with E-state index in [1.54, 1.807) is 0 Å². The average Bonchev–Trinajstić information content (AvgIpc) is 2.26. The average molecular weight is 271 g/mol. The zero-order chi connectivity index (χ0) is 10.9. The molecule has 1 N–H and O–H groups in total. The topological polar surface area (TPSA) is 24.9 Å². The van der Waals surface area contributed by atoms with E-state index >= 15 is 0 Å². The minimum absolute atomic E-state index is 0.874. The third-order valence-corrected chi connectivity index (χ3v) is 2.77. The molecule has 0 aromatic carbocycles. The highest BCUT2D eigenvalue weighted by Gasteiger charge is 1.93. The van der Waals surface area contributed by atoms with Crippen LogP contribution in [0.2, 0.25) is 0 Å². The van der Waals surface area contributed by atoms with Crippen molar-refractivity contribution in [2.45, 2.75) is 39.2 Å². The number of halogens is 1. The van der Waals surface area contributed by atoms with Crippen molar-refractivity contribution >= 4 is 15.9 Å². The molecule has 0 fully saturated rings. The van der Waals surface area contributed by atoms with Crippen LogP contribution in [0.1, 0.15) is 38.3 Å². The molecular formula is C12H19BrN2. The third kappa shape index (κ3) is 5.90. The highest BCUT2D eigenvalue weighted by molar-refractivity contribution is 9.10. The standard InChI is InChI=1S/C12H19BrN2/c1-2-3-4-5-8-14-10-12-7-6-11(13)9-15-12/h6-7,9,14H,2-5,8,10H2,1H3. The monoisotopic (exact) mass is 270 g/mol. The van der Waals surface area contributed by atoms with Crippen molar-refractivity contribution in [2.75, 3.05) is 6.54 Å². The van der Waals surface area contributed by atoms with Gasteiger partial charge >= 0.3 is 0 Å². The number of nitrogens with zero attached hydrogens (tertiary/aromatic N) is 1. The maximum absolute atomic E-state index is 4.30. The van der Waals surface area contributed by atoms with Gasteiger partial charge in [-0.05, 0) is 41.0 Å². The van der Waals surface area contributed by atoms with Gasteiger partial charge in [0.1, 0.15) is 0 Å². The van der Waals surface area contributed by atoms with Crippen molar-refractivity contribution in [2.24, 2.45) is 0 Å². The Balaban J connectivity index is 2.07. The molecule has 0 aliphatic carbocycles. The Labute approximate surface area is 101 Å². The number of rotatable bonds is 7. The number of aromatic nitrogens is 1. The van der Waals surface area contributed by atoms with Gasteiger partial charge in [-0.2, -0.15) is 0 Å². The lowest BCUT2D eigenvalue weighted by atomic mass is 10.2. The van der Waals surface area contributed by atoms with Crippen LogP contribution in [-0.2, 0) is 6.54 Å². The van der Waals surface area contributed by atoms with Crippen molar-refractivity contribution in [1.29, 1.82) is 0 Å². The molecule has 0 aliphatic heterocycles. The molecule has 0 saturated heterocycles. The molecule has 0 bridgehead atoms. The van der Waals surface area contributed by atoms with Gasteiger partial charge in [0.05, 0.1) is 5.69 Å². The second-order valence-corrected chi connectivity index (χ2v) is 4.62. The van der Waals surface area contributed by atoms with Gasteiger partial charge < -0.3 is 5.32 Å². The molecule has 0 amide bonds. The van der Waals surface area contributed by atoms with E-state index in [-0.39, 0.29) is 0 Å². The van der Waals surface area contributed by atoms with Crippen molar-refractivity contribution in [3.8, 4) is 0 Å². The second kappa shape index (κ2) is 7.83. The molecular weight excluding hydrogens is 252 g/mol. The Morgan fingerprint density at radius 2 is 2.13 bits per heavy atom. The van der Waals surface area contributed by atoms with Crippen molar-refractivity contribution in [3.63, 3.8) is 0 Å². The Kier molecular flexibility index (Phi) is 6.60. The predicted molar refractivity (Wildman–Crippen MR) is 67.8 cm³/mol. The highest BCUT2D eigenvalue weighted by Crippen LogP contribution is 2.07. The summed E-state index contributed by atoms with van der Waals surface area (Å²) in [6.45, 7) is 4.20. The summed E-state index contributed by atoms with van der Waals surface area (Å²) in [4.78, 5) is 4.30. The Hall–Kier alpha value is -0.410. The van der Waals surface area contributed by atoms with E-state index in [1.807, 2.05) is 18.3 Å². The van der Waals surface area contributed by atoms with E-state index in [2.05, 4.69) is 33.2 Å². The quantitative estimate of drug-likeness (QED) is 0.767. The maximum atomic E-state index is 4.30. The third-order valence-electron chi connectivity index (χ3n) is 2.30. The number of unbranched alkanes of at least 4 members (excludes halogenated alkanes) is 3. The van der Waals surface area contributed by atoms with Gasteiger partial charge in [-0.25, -0.2) is 0 Å². The summed E-state index contributed by atoms with van der Waals surface area (Å²) in [5.41, 5.74) is 1.11. The first-order valence-corrected chi connectivity index (χ1v) is 6.43.